The highest BCUT2D eigenvalue weighted by Gasteiger charge is 2.29. The summed E-state index contributed by atoms with van der Waals surface area (Å²) < 4.78 is 60.8. The van der Waals surface area contributed by atoms with Crippen molar-refractivity contribution in [3.8, 4) is 0 Å². The molecule has 0 aliphatic heterocycles. The van der Waals surface area contributed by atoms with E-state index < -0.39 is 91.5 Å². The molecule has 0 radical (unpaired) electrons. The van der Waals surface area contributed by atoms with Crippen LogP contribution in [0.1, 0.15) is 290 Å². The van der Waals surface area contributed by atoms with Gasteiger partial charge in [-0.2, -0.15) is 0 Å². The average Bonchev–Trinajstić information content (AvgIpc) is 3.61. The highest BCUT2D eigenvalue weighted by Crippen LogP contribution is 2.45. The van der Waals surface area contributed by atoms with Gasteiger partial charge in [-0.3, -0.25) is 32.5 Å². The highest BCUT2D eigenvalue weighted by atomic mass is 31.2. The maximum atomic E-state index is 12.9. The molecule has 0 fully saturated rings. The fraction of sp³-hybridized carbons (Fsp3) is 0.740. The molecule has 0 aliphatic carbocycles. The summed E-state index contributed by atoms with van der Waals surface area (Å²) in [7, 11) is -9.77. The van der Waals surface area contributed by atoms with Crippen molar-refractivity contribution in [1.82, 2.24) is 0 Å². The minimum atomic E-state index is -4.92. The summed E-state index contributed by atoms with van der Waals surface area (Å²) in [5, 5.41) is 20.6. The zero-order valence-corrected chi connectivity index (χ0v) is 58.8. The zero-order chi connectivity index (χ0) is 66.7. The van der Waals surface area contributed by atoms with Crippen molar-refractivity contribution in [2.45, 2.75) is 309 Å². The van der Waals surface area contributed by atoms with Gasteiger partial charge < -0.3 is 34.2 Å². The molecule has 0 amide bonds. The number of hydrogen-bond donors (Lipinski definition) is 4. The third kappa shape index (κ3) is 67.7. The quantitative estimate of drug-likeness (QED) is 0.0146. The lowest BCUT2D eigenvalue weighted by atomic mass is 10.0. The standard InChI is InChI=1S/C73H128O16P2/c1-4-7-10-13-16-19-22-24-26-28-29-30-31-32-33-34-35-36-37-39-41-42-45-47-50-53-56-59-71(76)83-62-68(74)63-85-90(79,80)86-64-69(75)65-87-91(81,82)88-67-70(89-73(78)61-58-55-52-49-44-21-18-15-12-9-6-3)66-84-72(77)60-57-54-51-48-46-43-40-38-27-25-23-20-17-14-11-8-5-2/h8,11,15-20,24-27,29-30,32-33,68-70,74-75H,4-7,9-10,12-14,21-23,28,31,34-67H2,1-3H3,(H,79,80)(H,81,82)/b11-8-,18-15-,19-16-,20-17-,26-24-,27-25-,30-29-,33-32-. The van der Waals surface area contributed by atoms with Gasteiger partial charge in [0.1, 0.15) is 25.4 Å². The second kappa shape index (κ2) is 66.5. The molecule has 0 aromatic carbocycles. The molecule has 526 valence electrons. The Morgan fingerprint density at radius 3 is 0.967 bits per heavy atom. The lowest BCUT2D eigenvalue weighted by Gasteiger charge is -2.21. The number of ether oxygens (including phenoxy) is 3. The Kier molecular flexibility index (Phi) is 63.9. The van der Waals surface area contributed by atoms with E-state index in [9.17, 15) is 43.5 Å². The van der Waals surface area contributed by atoms with E-state index in [-0.39, 0.29) is 19.3 Å². The average molecular weight is 1320 g/mol. The first-order chi connectivity index (χ1) is 44.2. The molecule has 91 heavy (non-hydrogen) atoms. The van der Waals surface area contributed by atoms with Crippen LogP contribution in [0.2, 0.25) is 0 Å². The van der Waals surface area contributed by atoms with Crippen LogP contribution in [0.5, 0.6) is 0 Å². The van der Waals surface area contributed by atoms with Crippen molar-refractivity contribution < 1.29 is 75.8 Å². The number of aliphatic hydroxyl groups is 2. The fourth-order valence-corrected chi connectivity index (χ4v) is 10.9. The molecular weight excluding hydrogens is 1190 g/mol. The Morgan fingerprint density at radius 2 is 0.593 bits per heavy atom. The van der Waals surface area contributed by atoms with E-state index in [1.165, 1.54) is 83.5 Å². The van der Waals surface area contributed by atoms with Gasteiger partial charge in [0.25, 0.3) is 0 Å². The van der Waals surface area contributed by atoms with E-state index in [1.54, 1.807) is 0 Å². The van der Waals surface area contributed by atoms with Crippen LogP contribution < -0.4 is 0 Å². The van der Waals surface area contributed by atoms with Crippen LogP contribution in [0.3, 0.4) is 0 Å². The Balaban J connectivity index is 4.46. The van der Waals surface area contributed by atoms with E-state index in [0.29, 0.717) is 19.3 Å². The molecule has 0 saturated heterocycles. The minimum Gasteiger partial charge on any atom is -0.463 e. The van der Waals surface area contributed by atoms with Gasteiger partial charge in [0.15, 0.2) is 6.10 Å². The first-order valence-electron chi connectivity index (χ1n) is 35.5. The summed E-state index contributed by atoms with van der Waals surface area (Å²) in [5.74, 6) is -1.60. The molecule has 18 heteroatoms. The first-order valence-corrected chi connectivity index (χ1v) is 38.5. The van der Waals surface area contributed by atoms with Gasteiger partial charge in [0, 0.05) is 19.3 Å². The number of carbonyl (C=O) groups excluding carboxylic acids is 3. The number of esters is 3. The third-order valence-corrected chi connectivity index (χ3v) is 16.7. The molecule has 5 atom stereocenters. The van der Waals surface area contributed by atoms with E-state index in [1.807, 2.05) is 0 Å². The minimum absolute atomic E-state index is 0.0916. The highest BCUT2D eigenvalue weighted by molar-refractivity contribution is 7.47. The monoisotopic (exact) mass is 1320 g/mol. The number of hydrogen-bond acceptors (Lipinski definition) is 14. The predicted molar refractivity (Wildman–Crippen MR) is 371 cm³/mol. The molecule has 0 aliphatic rings. The summed E-state index contributed by atoms with van der Waals surface area (Å²) in [4.78, 5) is 58.3. The van der Waals surface area contributed by atoms with E-state index in [2.05, 4.69) is 118 Å². The number of allylic oxidation sites excluding steroid dienone is 16. The third-order valence-electron chi connectivity index (χ3n) is 14.8. The number of phosphoric ester groups is 2. The molecule has 4 N–H and O–H groups in total. The summed E-state index contributed by atoms with van der Waals surface area (Å²) in [6.07, 6.45) is 73.3. The molecule has 0 aromatic heterocycles. The van der Waals surface area contributed by atoms with Gasteiger partial charge in [-0.1, -0.05) is 253 Å². The van der Waals surface area contributed by atoms with Crippen molar-refractivity contribution in [2.24, 2.45) is 0 Å². The van der Waals surface area contributed by atoms with Gasteiger partial charge in [-0.25, -0.2) is 9.13 Å². The van der Waals surface area contributed by atoms with Crippen LogP contribution in [0, 0.1) is 0 Å². The van der Waals surface area contributed by atoms with Crippen molar-refractivity contribution in [3.05, 3.63) is 97.2 Å². The number of aliphatic hydroxyl groups excluding tert-OH is 2. The molecule has 0 saturated carbocycles. The Bertz CT molecular complexity index is 2050. The van der Waals surface area contributed by atoms with Crippen molar-refractivity contribution in [2.75, 3.05) is 39.6 Å². The largest absolute Gasteiger partial charge is 0.472 e. The molecule has 0 spiro atoms. The van der Waals surface area contributed by atoms with E-state index >= 15 is 0 Å². The Labute approximate surface area is 552 Å². The van der Waals surface area contributed by atoms with Gasteiger partial charge in [-0.05, 0) is 116 Å². The molecule has 0 heterocycles. The lowest BCUT2D eigenvalue weighted by molar-refractivity contribution is -0.161. The maximum absolute atomic E-state index is 12.9. The number of phosphoric acid groups is 2. The topological polar surface area (TPSA) is 231 Å². The van der Waals surface area contributed by atoms with E-state index in [4.69, 9.17) is 32.3 Å². The van der Waals surface area contributed by atoms with Gasteiger partial charge in [-0.15, -0.1) is 0 Å². The van der Waals surface area contributed by atoms with Gasteiger partial charge in [0.2, 0.25) is 0 Å². The zero-order valence-electron chi connectivity index (χ0n) is 57.0. The van der Waals surface area contributed by atoms with Crippen LogP contribution >= 0.6 is 15.6 Å². The number of unbranched alkanes of at least 4 members (excludes halogenated alkanes) is 28. The maximum Gasteiger partial charge on any atom is 0.472 e. The lowest BCUT2D eigenvalue weighted by Crippen LogP contribution is -2.30. The van der Waals surface area contributed by atoms with Crippen LogP contribution in [0.4, 0.5) is 0 Å². The Hall–Kier alpha value is -3.53. The first kappa shape index (κ1) is 87.5. The number of carbonyl (C=O) groups is 3. The van der Waals surface area contributed by atoms with Crippen LogP contribution in [-0.2, 0) is 55.8 Å². The number of rotatable bonds is 67. The summed E-state index contributed by atoms with van der Waals surface area (Å²) in [6.45, 7) is 2.47. The smallest absolute Gasteiger partial charge is 0.463 e. The van der Waals surface area contributed by atoms with Crippen LogP contribution in [-0.4, -0.2) is 95.9 Å². The van der Waals surface area contributed by atoms with Gasteiger partial charge in [0.05, 0.1) is 26.4 Å². The summed E-state index contributed by atoms with van der Waals surface area (Å²) in [5.41, 5.74) is 0. The molecule has 0 bridgehead atoms. The molecule has 0 rings (SSSR count). The van der Waals surface area contributed by atoms with Crippen LogP contribution in [0.25, 0.3) is 0 Å². The normalized spacial score (nSPS) is 14.8. The van der Waals surface area contributed by atoms with Crippen LogP contribution in [0.15, 0.2) is 97.2 Å². The Morgan fingerprint density at radius 1 is 0.319 bits per heavy atom. The second-order valence-corrected chi connectivity index (χ2v) is 26.6. The van der Waals surface area contributed by atoms with Crippen molar-refractivity contribution in [3.63, 3.8) is 0 Å². The molecule has 5 unspecified atom stereocenters. The van der Waals surface area contributed by atoms with Gasteiger partial charge >= 0.3 is 33.6 Å². The predicted octanol–water partition coefficient (Wildman–Crippen LogP) is 19.9. The van der Waals surface area contributed by atoms with E-state index in [0.717, 1.165) is 148 Å². The fourth-order valence-electron chi connectivity index (χ4n) is 9.31. The van der Waals surface area contributed by atoms with Crippen molar-refractivity contribution >= 4 is 33.6 Å². The summed E-state index contributed by atoms with van der Waals surface area (Å²) >= 11 is 0. The molecular formula is C73H128O16P2. The SMILES string of the molecule is CC/C=C\C/C=C\C/C=C\CCCCCCCCCC(=O)OCC(COP(=O)(O)OCC(O)COP(=O)(O)OCC(O)COC(=O)CCCCCCCCCCCCC/C=C\C/C=C\C/C=C\C/C=C\CCCCC)OC(=O)CCCCCCC/C=C\CCCC. The van der Waals surface area contributed by atoms with Crippen molar-refractivity contribution in [1.29, 1.82) is 0 Å². The summed E-state index contributed by atoms with van der Waals surface area (Å²) in [6, 6.07) is 0. The molecule has 0 aromatic rings. The second-order valence-electron chi connectivity index (χ2n) is 23.6. The molecule has 16 nitrogen and oxygen atoms in total.